The van der Waals surface area contributed by atoms with Gasteiger partial charge in [-0.05, 0) is 24.0 Å². The van der Waals surface area contributed by atoms with Gasteiger partial charge in [0.1, 0.15) is 12.1 Å². The summed E-state index contributed by atoms with van der Waals surface area (Å²) in [6.07, 6.45) is -1.63. The van der Waals surface area contributed by atoms with E-state index in [0.717, 1.165) is 24.5 Å². The first-order valence-corrected chi connectivity index (χ1v) is 7.15. The van der Waals surface area contributed by atoms with Gasteiger partial charge in [0.2, 0.25) is 0 Å². The number of rotatable bonds is 2. The highest BCUT2D eigenvalue weighted by molar-refractivity contribution is 5.49. The minimum absolute atomic E-state index is 0.0536. The van der Waals surface area contributed by atoms with Crippen molar-refractivity contribution in [2.24, 2.45) is 0 Å². The minimum atomic E-state index is -4.53. The molecule has 0 aliphatic heterocycles. The van der Waals surface area contributed by atoms with Crippen LogP contribution in [0.4, 0.5) is 19.0 Å². The van der Waals surface area contributed by atoms with E-state index in [1.54, 1.807) is 0 Å². The first-order chi connectivity index (χ1) is 11.0. The summed E-state index contributed by atoms with van der Waals surface area (Å²) in [4.78, 5) is 7.28. The number of benzene rings is 1. The number of nitrogens with one attached hydrogen (secondary N) is 1. The van der Waals surface area contributed by atoms with Crippen LogP contribution >= 0.6 is 0 Å². The van der Waals surface area contributed by atoms with E-state index in [2.05, 4.69) is 20.4 Å². The second-order valence-corrected chi connectivity index (χ2v) is 5.43. The SMILES string of the molecule is FC(F)(F)c1cc(N[C@H]2CCc3ccccc32)n2ncnc2n1. The van der Waals surface area contributed by atoms with Crippen LogP contribution in [0.5, 0.6) is 0 Å². The molecule has 1 aliphatic carbocycles. The number of fused-ring (bicyclic) bond motifs is 2. The predicted octanol–water partition coefficient (Wildman–Crippen LogP) is 3.24. The van der Waals surface area contributed by atoms with E-state index in [-0.39, 0.29) is 17.6 Å². The van der Waals surface area contributed by atoms with E-state index in [4.69, 9.17) is 0 Å². The molecule has 0 saturated carbocycles. The highest BCUT2D eigenvalue weighted by Crippen LogP contribution is 2.35. The summed E-state index contributed by atoms with van der Waals surface area (Å²) in [5, 5.41) is 7.11. The third kappa shape index (κ3) is 2.39. The van der Waals surface area contributed by atoms with Crippen molar-refractivity contribution in [2.75, 3.05) is 5.32 Å². The van der Waals surface area contributed by atoms with Gasteiger partial charge in [-0.2, -0.15) is 27.8 Å². The molecular weight excluding hydrogens is 307 g/mol. The van der Waals surface area contributed by atoms with Crippen molar-refractivity contribution >= 4 is 11.6 Å². The number of aromatic nitrogens is 4. The van der Waals surface area contributed by atoms with Gasteiger partial charge in [0.25, 0.3) is 5.78 Å². The number of nitrogens with zero attached hydrogens (tertiary/aromatic N) is 4. The lowest BCUT2D eigenvalue weighted by Crippen LogP contribution is -2.15. The van der Waals surface area contributed by atoms with Crippen LogP contribution in [0.2, 0.25) is 0 Å². The Morgan fingerprint density at radius 3 is 2.87 bits per heavy atom. The zero-order chi connectivity index (χ0) is 16.0. The Balaban J connectivity index is 1.76. The maximum atomic E-state index is 13.0. The van der Waals surface area contributed by atoms with Gasteiger partial charge in [0.15, 0.2) is 5.69 Å². The monoisotopic (exact) mass is 319 g/mol. The molecule has 0 spiro atoms. The fourth-order valence-electron chi connectivity index (χ4n) is 2.95. The van der Waals surface area contributed by atoms with Crippen molar-refractivity contribution in [2.45, 2.75) is 25.1 Å². The average molecular weight is 319 g/mol. The summed E-state index contributed by atoms with van der Waals surface area (Å²) in [6.45, 7) is 0. The summed E-state index contributed by atoms with van der Waals surface area (Å²) < 4.78 is 40.3. The molecule has 5 nitrogen and oxygen atoms in total. The molecule has 1 aliphatic rings. The molecule has 2 heterocycles. The lowest BCUT2D eigenvalue weighted by Gasteiger charge is -2.17. The first kappa shape index (κ1) is 14.0. The van der Waals surface area contributed by atoms with Crippen molar-refractivity contribution in [3.05, 3.63) is 53.5 Å². The van der Waals surface area contributed by atoms with Crippen molar-refractivity contribution in [3.63, 3.8) is 0 Å². The number of halogens is 3. The van der Waals surface area contributed by atoms with Crippen molar-refractivity contribution in [1.29, 1.82) is 0 Å². The van der Waals surface area contributed by atoms with Gasteiger partial charge in [-0.25, -0.2) is 4.98 Å². The van der Waals surface area contributed by atoms with Crippen LogP contribution < -0.4 is 5.32 Å². The topological polar surface area (TPSA) is 55.1 Å². The molecule has 0 saturated heterocycles. The summed E-state index contributed by atoms with van der Waals surface area (Å²) >= 11 is 0. The Hall–Kier alpha value is -2.64. The van der Waals surface area contributed by atoms with Crippen LogP contribution in [-0.4, -0.2) is 19.6 Å². The van der Waals surface area contributed by atoms with Gasteiger partial charge < -0.3 is 5.32 Å². The van der Waals surface area contributed by atoms with Gasteiger partial charge in [0.05, 0.1) is 6.04 Å². The average Bonchev–Trinajstić information content (AvgIpc) is 3.13. The van der Waals surface area contributed by atoms with Crippen molar-refractivity contribution in [3.8, 4) is 0 Å². The molecule has 4 rings (SSSR count). The second-order valence-electron chi connectivity index (χ2n) is 5.43. The lowest BCUT2D eigenvalue weighted by molar-refractivity contribution is -0.141. The van der Waals surface area contributed by atoms with E-state index in [1.165, 1.54) is 16.4 Å². The fourth-order valence-corrected chi connectivity index (χ4v) is 2.95. The van der Waals surface area contributed by atoms with Crippen LogP contribution in [0, 0.1) is 0 Å². The van der Waals surface area contributed by atoms with E-state index in [1.807, 2.05) is 24.3 Å². The Bertz CT molecular complexity index is 871. The van der Waals surface area contributed by atoms with Crippen LogP contribution in [-0.2, 0) is 12.6 Å². The van der Waals surface area contributed by atoms with Crippen LogP contribution in [0.15, 0.2) is 36.7 Å². The van der Waals surface area contributed by atoms with Crippen LogP contribution in [0.3, 0.4) is 0 Å². The molecular formula is C15H12F3N5. The molecule has 0 fully saturated rings. The largest absolute Gasteiger partial charge is 0.433 e. The number of aryl methyl sites for hydroxylation is 1. The maximum absolute atomic E-state index is 13.0. The molecule has 0 unspecified atom stereocenters. The fraction of sp³-hybridized carbons (Fsp3) is 0.267. The summed E-state index contributed by atoms with van der Waals surface area (Å²) in [6, 6.07) is 8.84. The number of hydrogen-bond acceptors (Lipinski definition) is 4. The molecule has 1 aromatic carbocycles. The second kappa shape index (κ2) is 4.94. The summed E-state index contributed by atoms with van der Waals surface area (Å²) in [5.41, 5.74) is 1.34. The molecule has 23 heavy (non-hydrogen) atoms. The highest BCUT2D eigenvalue weighted by Gasteiger charge is 2.34. The summed E-state index contributed by atoms with van der Waals surface area (Å²) in [7, 11) is 0. The Kier molecular flexibility index (Phi) is 3.00. The molecule has 0 amide bonds. The van der Waals surface area contributed by atoms with Gasteiger partial charge in [0, 0.05) is 6.07 Å². The van der Waals surface area contributed by atoms with Crippen molar-refractivity contribution in [1.82, 2.24) is 19.6 Å². The molecule has 2 aromatic heterocycles. The molecule has 118 valence electrons. The maximum Gasteiger partial charge on any atom is 0.433 e. The van der Waals surface area contributed by atoms with Gasteiger partial charge >= 0.3 is 6.18 Å². The smallest absolute Gasteiger partial charge is 0.363 e. The number of anilines is 1. The number of alkyl halides is 3. The van der Waals surface area contributed by atoms with E-state index in [9.17, 15) is 13.2 Å². The molecule has 1 atom stereocenters. The van der Waals surface area contributed by atoms with Gasteiger partial charge in [-0.15, -0.1) is 0 Å². The van der Waals surface area contributed by atoms with E-state index < -0.39 is 11.9 Å². The third-order valence-corrected chi connectivity index (χ3v) is 4.00. The van der Waals surface area contributed by atoms with Crippen molar-refractivity contribution < 1.29 is 13.2 Å². The standard InChI is InChI=1S/C15H12F3N5/c16-15(17,18)12-7-13(23-14(22-12)19-8-20-23)21-11-6-5-9-3-1-2-4-10(9)11/h1-4,7-8,11,21H,5-6H2/t11-/m0/s1. The summed E-state index contributed by atoms with van der Waals surface area (Å²) in [5.74, 6) is 0.162. The quantitative estimate of drug-likeness (QED) is 0.788. The highest BCUT2D eigenvalue weighted by atomic mass is 19.4. The normalized spacial score (nSPS) is 17.4. The Morgan fingerprint density at radius 1 is 1.22 bits per heavy atom. The molecule has 3 aromatic rings. The minimum Gasteiger partial charge on any atom is -0.363 e. The van der Waals surface area contributed by atoms with Gasteiger partial charge in [-0.1, -0.05) is 24.3 Å². The molecule has 1 N–H and O–H groups in total. The first-order valence-electron chi connectivity index (χ1n) is 7.15. The predicted molar refractivity (Wildman–Crippen MR) is 76.9 cm³/mol. The van der Waals surface area contributed by atoms with E-state index in [0.29, 0.717) is 0 Å². The zero-order valence-electron chi connectivity index (χ0n) is 11.9. The van der Waals surface area contributed by atoms with Crippen LogP contribution in [0.1, 0.15) is 29.3 Å². The Morgan fingerprint density at radius 2 is 2.04 bits per heavy atom. The Labute approximate surface area is 129 Å². The molecule has 8 heteroatoms. The lowest BCUT2D eigenvalue weighted by atomic mass is 10.1. The zero-order valence-corrected chi connectivity index (χ0v) is 11.9. The van der Waals surface area contributed by atoms with E-state index >= 15 is 0 Å². The van der Waals surface area contributed by atoms with Crippen LogP contribution in [0.25, 0.3) is 5.78 Å². The molecule has 0 bridgehead atoms. The van der Waals surface area contributed by atoms with Gasteiger partial charge in [-0.3, -0.25) is 0 Å². The molecule has 0 radical (unpaired) electrons. The number of hydrogen-bond donors (Lipinski definition) is 1. The third-order valence-electron chi connectivity index (χ3n) is 4.00.